The predicted octanol–water partition coefficient (Wildman–Crippen LogP) is 2.08. The second kappa shape index (κ2) is 4.94. The van der Waals surface area contributed by atoms with E-state index in [2.05, 4.69) is 22.9 Å². The SMILES string of the molecule is CCn1cc(Br)cc1C(=O)N1CC2CCC(N)C2C1. The van der Waals surface area contributed by atoms with Crippen molar-refractivity contribution in [2.45, 2.75) is 32.4 Å². The van der Waals surface area contributed by atoms with Crippen LogP contribution in [-0.2, 0) is 6.54 Å². The first-order valence-corrected chi connectivity index (χ1v) is 7.80. The third-order valence-corrected chi connectivity index (χ3v) is 5.06. The summed E-state index contributed by atoms with van der Waals surface area (Å²) in [5, 5.41) is 0. The van der Waals surface area contributed by atoms with Crippen LogP contribution < -0.4 is 5.73 Å². The van der Waals surface area contributed by atoms with Gasteiger partial charge in [-0.1, -0.05) is 0 Å². The van der Waals surface area contributed by atoms with E-state index in [1.54, 1.807) is 0 Å². The largest absolute Gasteiger partial charge is 0.343 e. The maximum Gasteiger partial charge on any atom is 0.270 e. The zero-order valence-corrected chi connectivity index (χ0v) is 12.8. The second-order valence-electron chi connectivity index (χ2n) is 5.70. The van der Waals surface area contributed by atoms with Crippen molar-refractivity contribution in [3.63, 3.8) is 0 Å². The average Bonchev–Trinajstić information content (AvgIpc) is 3.05. The lowest BCUT2D eigenvalue weighted by molar-refractivity contribution is 0.0769. The summed E-state index contributed by atoms with van der Waals surface area (Å²) in [5.41, 5.74) is 6.91. The van der Waals surface area contributed by atoms with Crippen LogP contribution >= 0.6 is 15.9 Å². The molecule has 0 aromatic carbocycles. The van der Waals surface area contributed by atoms with E-state index < -0.39 is 0 Å². The molecule has 1 aliphatic carbocycles. The number of carbonyl (C=O) groups excluding carboxylic acids is 1. The van der Waals surface area contributed by atoms with Crippen molar-refractivity contribution in [3.05, 3.63) is 22.4 Å². The molecule has 1 amide bonds. The van der Waals surface area contributed by atoms with Gasteiger partial charge < -0.3 is 15.2 Å². The Hall–Kier alpha value is -0.810. The fourth-order valence-electron chi connectivity index (χ4n) is 3.55. The number of fused-ring (bicyclic) bond motifs is 1. The van der Waals surface area contributed by atoms with Crippen molar-refractivity contribution >= 4 is 21.8 Å². The van der Waals surface area contributed by atoms with Gasteiger partial charge in [0.05, 0.1) is 0 Å². The lowest BCUT2D eigenvalue weighted by Crippen LogP contribution is -2.34. The molecule has 104 valence electrons. The first-order valence-electron chi connectivity index (χ1n) is 7.00. The number of aromatic nitrogens is 1. The molecule has 2 aliphatic rings. The maximum absolute atomic E-state index is 12.6. The van der Waals surface area contributed by atoms with E-state index in [1.807, 2.05) is 21.7 Å². The topological polar surface area (TPSA) is 51.3 Å². The Kier molecular flexibility index (Phi) is 3.43. The van der Waals surface area contributed by atoms with Crippen molar-refractivity contribution in [3.8, 4) is 0 Å². The minimum absolute atomic E-state index is 0.147. The van der Waals surface area contributed by atoms with Gasteiger partial charge in [0.25, 0.3) is 5.91 Å². The fourth-order valence-corrected chi connectivity index (χ4v) is 4.01. The number of hydrogen-bond donors (Lipinski definition) is 1. The van der Waals surface area contributed by atoms with Gasteiger partial charge in [-0.3, -0.25) is 4.79 Å². The quantitative estimate of drug-likeness (QED) is 0.905. The van der Waals surface area contributed by atoms with Gasteiger partial charge in [0.2, 0.25) is 0 Å². The van der Waals surface area contributed by atoms with Gasteiger partial charge in [0.1, 0.15) is 5.69 Å². The standard InChI is InChI=1S/C14H20BrN3O/c1-2-17-7-10(15)5-13(17)14(19)18-6-9-3-4-12(16)11(9)8-18/h5,7,9,11-12H,2-4,6,8,16H2,1H3. The summed E-state index contributed by atoms with van der Waals surface area (Å²) in [6, 6.07) is 2.20. The number of nitrogens with two attached hydrogens (primary N) is 1. The second-order valence-corrected chi connectivity index (χ2v) is 6.62. The Labute approximate surface area is 122 Å². The summed E-state index contributed by atoms with van der Waals surface area (Å²) >= 11 is 3.45. The molecule has 4 nitrogen and oxygen atoms in total. The monoisotopic (exact) mass is 325 g/mol. The number of nitrogens with zero attached hydrogens (tertiary/aromatic N) is 2. The minimum Gasteiger partial charge on any atom is -0.343 e. The van der Waals surface area contributed by atoms with Crippen LogP contribution in [0.1, 0.15) is 30.3 Å². The van der Waals surface area contributed by atoms with E-state index in [0.29, 0.717) is 11.8 Å². The van der Waals surface area contributed by atoms with Crippen LogP contribution in [0.15, 0.2) is 16.7 Å². The Morgan fingerprint density at radius 2 is 2.26 bits per heavy atom. The van der Waals surface area contributed by atoms with Crippen LogP contribution in [-0.4, -0.2) is 34.5 Å². The normalized spacial score (nSPS) is 29.8. The molecule has 2 fully saturated rings. The zero-order chi connectivity index (χ0) is 13.6. The summed E-state index contributed by atoms with van der Waals surface area (Å²) < 4.78 is 2.97. The van der Waals surface area contributed by atoms with Crippen LogP contribution in [0.3, 0.4) is 0 Å². The molecular weight excluding hydrogens is 306 g/mol. The van der Waals surface area contributed by atoms with Crippen molar-refractivity contribution in [1.29, 1.82) is 0 Å². The van der Waals surface area contributed by atoms with E-state index >= 15 is 0 Å². The molecule has 3 rings (SSSR count). The Bertz CT molecular complexity index is 499. The molecule has 1 saturated heterocycles. The number of halogens is 1. The molecule has 3 atom stereocenters. The molecule has 1 saturated carbocycles. The lowest BCUT2D eigenvalue weighted by Gasteiger charge is -2.19. The van der Waals surface area contributed by atoms with Crippen LogP contribution in [0.25, 0.3) is 0 Å². The van der Waals surface area contributed by atoms with Gasteiger partial charge in [-0.05, 0) is 53.6 Å². The van der Waals surface area contributed by atoms with Crippen molar-refractivity contribution in [2.75, 3.05) is 13.1 Å². The highest BCUT2D eigenvalue weighted by Crippen LogP contribution is 2.37. The summed E-state index contributed by atoms with van der Waals surface area (Å²) in [6.45, 7) is 4.58. The molecule has 1 aliphatic heterocycles. The number of rotatable bonds is 2. The van der Waals surface area contributed by atoms with Gasteiger partial charge in [-0.25, -0.2) is 0 Å². The fraction of sp³-hybridized carbons (Fsp3) is 0.643. The van der Waals surface area contributed by atoms with Crippen molar-refractivity contribution < 1.29 is 4.79 Å². The first-order chi connectivity index (χ1) is 9.10. The summed E-state index contributed by atoms with van der Waals surface area (Å²) in [7, 11) is 0. The summed E-state index contributed by atoms with van der Waals surface area (Å²) in [4.78, 5) is 14.6. The molecule has 0 bridgehead atoms. The third kappa shape index (κ3) is 2.23. The highest BCUT2D eigenvalue weighted by atomic mass is 79.9. The molecule has 1 aromatic rings. The van der Waals surface area contributed by atoms with E-state index in [0.717, 1.165) is 36.2 Å². The number of hydrogen-bond acceptors (Lipinski definition) is 2. The van der Waals surface area contributed by atoms with Crippen LogP contribution in [0.2, 0.25) is 0 Å². The molecule has 0 spiro atoms. The molecule has 5 heteroatoms. The minimum atomic E-state index is 0.147. The molecule has 3 unspecified atom stereocenters. The predicted molar refractivity (Wildman–Crippen MR) is 77.9 cm³/mol. The van der Waals surface area contributed by atoms with Gasteiger partial charge in [0.15, 0.2) is 0 Å². The Morgan fingerprint density at radius 1 is 1.47 bits per heavy atom. The Balaban J connectivity index is 1.78. The van der Waals surface area contributed by atoms with E-state index in [4.69, 9.17) is 5.73 Å². The zero-order valence-electron chi connectivity index (χ0n) is 11.2. The van der Waals surface area contributed by atoms with Crippen molar-refractivity contribution in [2.24, 2.45) is 17.6 Å². The molecular formula is C14H20BrN3O. The van der Waals surface area contributed by atoms with Gasteiger partial charge in [-0.15, -0.1) is 0 Å². The average molecular weight is 326 g/mol. The van der Waals surface area contributed by atoms with E-state index in [-0.39, 0.29) is 11.9 Å². The van der Waals surface area contributed by atoms with Crippen molar-refractivity contribution in [1.82, 2.24) is 9.47 Å². The highest BCUT2D eigenvalue weighted by Gasteiger charge is 2.42. The maximum atomic E-state index is 12.6. The Morgan fingerprint density at radius 3 is 2.95 bits per heavy atom. The van der Waals surface area contributed by atoms with E-state index in [1.165, 1.54) is 6.42 Å². The molecule has 1 aromatic heterocycles. The first kappa shape index (κ1) is 13.2. The third-order valence-electron chi connectivity index (χ3n) is 4.62. The van der Waals surface area contributed by atoms with E-state index in [9.17, 15) is 4.79 Å². The summed E-state index contributed by atoms with van der Waals surface area (Å²) in [5.74, 6) is 1.28. The van der Waals surface area contributed by atoms with Crippen LogP contribution in [0.5, 0.6) is 0 Å². The highest BCUT2D eigenvalue weighted by molar-refractivity contribution is 9.10. The molecule has 0 radical (unpaired) electrons. The smallest absolute Gasteiger partial charge is 0.270 e. The van der Waals surface area contributed by atoms with Gasteiger partial charge in [-0.2, -0.15) is 0 Å². The summed E-state index contributed by atoms with van der Waals surface area (Å²) in [6.07, 6.45) is 4.26. The van der Waals surface area contributed by atoms with Gasteiger partial charge in [0, 0.05) is 36.3 Å². The number of likely N-dealkylation sites (tertiary alicyclic amines) is 1. The lowest BCUT2D eigenvalue weighted by atomic mass is 9.98. The number of amides is 1. The number of aryl methyl sites for hydroxylation is 1. The molecule has 2 N–H and O–H groups in total. The number of carbonyl (C=O) groups is 1. The molecule has 2 heterocycles. The molecule has 19 heavy (non-hydrogen) atoms. The van der Waals surface area contributed by atoms with Crippen LogP contribution in [0, 0.1) is 11.8 Å². The van der Waals surface area contributed by atoms with Crippen LogP contribution in [0.4, 0.5) is 0 Å². The van der Waals surface area contributed by atoms with Gasteiger partial charge >= 0.3 is 0 Å².